The van der Waals surface area contributed by atoms with Gasteiger partial charge >= 0.3 is 0 Å². The van der Waals surface area contributed by atoms with Gasteiger partial charge < -0.3 is 4.90 Å². The van der Waals surface area contributed by atoms with Crippen LogP contribution in [0.25, 0.3) is 0 Å². The second kappa shape index (κ2) is 3.75. The topological polar surface area (TPSA) is 6.48 Å². The summed E-state index contributed by atoms with van der Waals surface area (Å²) in [7, 11) is 0. The summed E-state index contributed by atoms with van der Waals surface area (Å²) in [6, 6.07) is 0.896. The zero-order chi connectivity index (χ0) is 8.39. The highest BCUT2D eigenvalue weighted by atomic mass is 15.2. The molecular formula is C10H20N2. The van der Waals surface area contributed by atoms with Crippen LogP contribution in [0.15, 0.2) is 0 Å². The third kappa shape index (κ3) is 1.64. The molecule has 0 amide bonds. The molecule has 2 nitrogen and oxygen atoms in total. The van der Waals surface area contributed by atoms with E-state index in [-0.39, 0.29) is 0 Å². The van der Waals surface area contributed by atoms with Gasteiger partial charge in [0.1, 0.15) is 0 Å². The summed E-state index contributed by atoms with van der Waals surface area (Å²) in [6.45, 7) is 8.89. The fourth-order valence-corrected chi connectivity index (χ4v) is 2.57. The van der Waals surface area contributed by atoms with Crippen molar-refractivity contribution >= 4 is 0 Å². The first kappa shape index (κ1) is 8.52. The molecular weight excluding hydrogens is 148 g/mol. The van der Waals surface area contributed by atoms with Crippen LogP contribution in [0.4, 0.5) is 0 Å². The van der Waals surface area contributed by atoms with Crippen molar-refractivity contribution in [3.63, 3.8) is 0 Å². The van der Waals surface area contributed by atoms with Crippen LogP contribution < -0.4 is 0 Å². The highest BCUT2D eigenvalue weighted by molar-refractivity contribution is 4.84. The van der Waals surface area contributed by atoms with E-state index < -0.39 is 0 Å². The lowest BCUT2D eigenvalue weighted by molar-refractivity contribution is 0.226. The number of fused-ring (bicyclic) bond motifs is 1. The Morgan fingerprint density at radius 1 is 1.17 bits per heavy atom. The smallest absolute Gasteiger partial charge is 0.0223 e. The Hall–Kier alpha value is -0.0800. The van der Waals surface area contributed by atoms with Crippen LogP contribution in [0.3, 0.4) is 0 Å². The predicted octanol–water partition coefficient (Wildman–Crippen LogP) is 1.18. The zero-order valence-corrected chi connectivity index (χ0v) is 8.13. The molecule has 2 aliphatic heterocycles. The molecule has 0 aliphatic carbocycles. The van der Waals surface area contributed by atoms with E-state index in [9.17, 15) is 0 Å². The van der Waals surface area contributed by atoms with Crippen LogP contribution >= 0.6 is 0 Å². The fourth-order valence-electron chi connectivity index (χ4n) is 2.57. The molecule has 70 valence electrons. The van der Waals surface area contributed by atoms with E-state index in [1.165, 1.54) is 52.0 Å². The lowest BCUT2D eigenvalue weighted by Crippen LogP contribution is -2.36. The van der Waals surface area contributed by atoms with Crippen LogP contribution in [-0.2, 0) is 0 Å². The first-order valence-corrected chi connectivity index (χ1v) is 5.36. The molecule has 1 atom stereocenters. The SMILES string of the molecule is CCN1CCCN2CCCC2C1. The quantitative estimate of drug-likeness (QED) is 0.580. The molecule has 0 aromatic heterocycles. The van der Waals surface area contributed by atoms with Crippen molar-refractivity contribution in [2.75, 3.05) is 32.7 Å². The van der Waals surface area contributed by atoms with Gasteiger partial charge in [-0.1, -0.05) is 6.92 Å². The molecule has 0 aromatic rings. The van der Waals surface area contributed by atoms with Gasteiger partial charge in [0, 0.05) is 12.6 Å². The Labute approximate surface area is 75.5 Å². The molecule has 2 saturated heterocycles. The van der Waals surface area contributed by atoms with Crippen molar-refractivity contribution in [3.05, 3.63) is 0 Å². The van der Waals surface area contributed by atoms with Crippen LogP contribution in [0.1, 0.15) is 26.2 Å². The molecule has 2 aliphatic rings. The fraction of sp³-hybridized carbons (Fsp3) is 1.00. The molecule has 2 fully saturated rings. The van der Waals surface area contributed by atoms with E-state index in [0.29, 0.717) is 0 Å². The maximum atomic E-state index is 2.69. The minimum absolute atomic E-state index is 0.896. The van der Waals surface area contributed by atoms with Gasteiger partial charge in [0.25, 0.3) is 0 Å². The first-order chi connectivity index (χ1) is 5.90. The van der Waals surface area contributed by atoms with Gasteiger partial charge in [-0.3, -0.25) is 4.90 Å². The second-order valence-corrected chi connectivity index (χ2v) is 4.08. The van der Waals surface area contributed by atoms with E-state index in [0.717, 1.165) is 6.04 Å². The Balaban J connectivity index is 1.94. The van der Waals surface area contributed by atoms with E-state index in [1.54, 1.807) is 0 Å². The molecule has 0 aromatic carbocycles. The Morgan fingerprint density at radius 3 is 2.83 bits per heavy atom. The van der Waals surface area contributed by atoms with Gasteiger partial charge in [-0.25, -0.2) is 0 Å². The number of likely N-dealkylation sites (N-methyl/N-ethyl adjacent to an activating group) is 1. The lowest BCUT2D eigenvalue weighted by Gasteiger charge is -2.24. The Bertz CT molecular complexity index is 147. The maximum absolute atomic E-state index is 2.69. The highest BCUT2D eigenvalue weighted by Crippen LogP contribution is 2.20. The van der Waals surface area contributed by atoms with Crippen molar-refractivity contribution in [1.82, 2.24) is 9.80 Å². The molecule has 2 rings (SSSR count). The molecule has 0 saturated carbocycles. The lowest BCUT2D eigenvalue weighted by atomic mass is 10.2. The van der Waals surface area contributed by atoms with Crippen LogP contribution in [0.2, 0.25) is 0 Å². The number of hydrogen-bond donors (Lipinski definition) is 0. The molecule has 2 heterocycles. The van der Waals surface area contributed by atoms with Gasteiger partial charge in [0.05, 0.1) is 0 Å². The van der Waals surface area contributed by atoms with E-state index in [1.807, 2.05) is 0 Å². The molecule has 1 unspecified atom stereocenters. The molecule has 0 N–H and O–H groups in total. The molecule has 0 radical (unpaired) electrons. The molecule has 0 bridgehead atoms. The summed E-state index contributed by atoms with van der Waals surface area (Å²) in [5.74, 6) is 0. The normalized spacial score (nSPS) is 33.2. The number of rotatable bonds is 1. The number of hydrogen-bond acceptors (Lipinski definition) is 2. The minimum Gasteiger partial charge on any atom is -0.302 e. The maximum Gasteiger partial charge on any atom is 0.0223 e. The predicted molar refractivity (Wildman–Crippen MR) is 51.3 cm³/mol. The third-order valence-electron chi connectivity index (χ3n) is 3.33. The zero-order valence-electron chi connectivity index (χ0n) is 8.13. The first-order valence-electron chi connectivity index (χ1n) is 5.36. The molecule has 2 heteroatoms. The monoisotopic (exact) mass is 168 g/mol. The Morgan fingerprint density at radius 2 is 2.00 bits per heavy atom. The summed E-state index contributed by atoms with van der Waals surface area (Å²) >= 11 is 0. The van der Waals surface area contributed by atoms with E-state index in [2.05, 4.69) is 16.7 Å². The largest absolute Gasteiger partial charge is 0.302 e. The summed E-state index contributed by atoms with van der Waals surface area (Å²) < 4.78 is 0. The van der Waals surface area contributed by atoms with Gasteiger partial charge in [-0.2, -0.15) is 0 Å². The molecule has 0 spiro atoms. The van der Waals surface area contributed by atoms with Crippen LogP contribution in [-0.4, -0.2) is 48.6 Å². The highest BCUT2D eigenvalue weighted by Gasteiger charge is 2.27. The van der Waals surface area contributed by atoms with Crippen molar-refractivity contribution in [2.24, 2.45) is 0 Å². The van der Waals surface area contributed by atoms with Crippen molar-refractivity contribution < 1.29 is 0 Å². The van der Waals surface area contributed by atoms with Crippen molar-refractivity contribution in [3.8, 4) is 0 Å². The minimum atomic E-state index is 0.896. The Kier molecular flexibility index (Phi) is 2.66. The van der Waals surface area contributed by atoms with Crippen molar-refractivity contribution in [2.45, 2.75) is 32.2 Å². The van der Waals surface area contributed by atoms with Gasteiger partial charge in [-0.05, 0) is 45.4 Å². The van der Waals surface area contributed by atoms with E-state index >= 15 is 0 Å². The summed E-state index contributed by atoms with van der Waals surface area (Å²) in [5.41, 5.74) is 0. The van der Waals surface area contributed by atoms with E-state index in [4.69, 9.17) is 0 Å². The average molecular weight is 168 g/mol. The van der Waals surface area contributed by atoms with Gasteiger partial charge in [0.2, 0.25) is 0 Å². The van der Waals surface area contributed by atoms with Crippen LogP contribution in [0, 0.1) is 0 Å². The van der Waals surface area contributed by atoms with Crippen molar-refractivity contribution in [1.29, 1.82) is 0 Å². The molecule has 12 heavy (non-hydrogen) atoms. The number of nitrogens with zero attached hydrogens (tertiary/aromatic N) is 2. The second-order valence-electron chi connectivity index (χ2n) is 4.08. The summed E-state index contributed by atoms with van der Waals surface area (Å²) in [6.07, 6.45) is 4.25. The van der Waals surface area contributed by atoms with Gasteiger partial charge in [-0.15, -0.1) is 0 Å². The summed E-state index contributed by atoms with van der Waals surface area (Å²) in [4.78, 5) is 5.30. The van der Waals surface area contributed by atoms with Gasteiger partial charge in [0.15, 0.2) is 0 Å². The summed E-state index contributed by atoms with van der Waals surface area (Å²) in [5, 5.41) is 0. The average Bonchev–Trinajstić information content (AvgIpc) is 2.43. The third-order valence-corrected chi connectivity index (χ3v) is 3.33. The standard InChI is InChI=1S/C10H20N2/c1-2-11-6-4-8-12-7-3-5-10(12)9-11/h10H,2-9H2,1H3. The van der Waals surface area contributed by atoms with Crippen LogP contribution in [0.5, 0.6) is 0 Å².